The number of rotatable bonds is 4. The summed E-state index contributed by atoms with van der Waals surface area (Å²) >= 11 is 0. The Morgan fingerprint density at radius 3 is 2.58 bits per heavy atom. The first-order chi connectivity index (χ1) is 8.97. The van der Waals surface area contributed by atoms with Gasteiger partial charge >= 0.3 is 0 Å². The fourth-order valence-electron chi connectivity index (χ4n) is 3.19. The predicted octanol–water partition coefficient (Wildman–Crippen LogP) is 2.12. The molecule has 0 bridgehead atoms. The van der Waals surface area contributed by atoms with Gasteiger partial charge in [-0.1, -0.05) is 6.42 Å². The lowest BCUT2D eigenvalue weighted by Gasteiger charge is -2.29. The van der Waals surface area contributed by atoms with E-state index in [4.69, 9.17) is 4.74 Å². The van der Waals surface area contributed by atoms with Crippen molar-refractivity contribution in [1.29, 1.82) is 0 Å². The molecule has 2 aliphatic rings. The van der Waals surface area contributed by atoms with Gasteiger partial charge in [0.25, 0.3) is 0 Å². The molecule has 1 saturated heterocycles. The summed E-state index contributed by atoms with van der Waals surface area (Å²) in [5.74, 6) is 0.138. The standard InChI is InChI=1S/C14H24O4S/c1-19(16,17)13-7-4-5-11(9-13)14(15)10-12-6-2-3-8-18-12/h11-13H,2-10H2,1H3. The summed E-state index contributed by atoms with van der Waals surface area (Å²) in [5.41, 5.74) is 0. The number of hydrogen-bond acceptors (Lipinski definition) is 4. The SMILES string of the molecule is CS(=O)(=O)C1CCCC(C(=O)CC2CCCCO2)C1. The largest absolute Gasteiger partial charge is 0.378 e. The Morgan fingerprint density at radius 2 is 1.95 bits per heavy atom. The first kappa shape index (κ1) is 15.0. The van der Waals surface area contributed by atoms with E-state index in [1.54, 1.807) is 0 Å². The van der Waals surface area contributed by atoms with Crippen molar-refractivity contribution in [3.63, 3.8) is 0 Å². The van der Waals surface area contributed by atoms with Gasteiger partial charge in [0.1, 0.15) is 15.6 Å². The molecule has 0 spiro atoms. The van der Waals surface area contributed by atoms with E-state index >= 15 is 0 Å². The predicted molar refractivity (Wildman–Crippen MR) is 73.8 cm³/mol. The van der Waals surface area contributed by atoms with Crippen LogP contribution >= 0.6 is 0 Å². The van der Waals surface area contributed by atoms with Gasteiger partial charge in [0.2, 0.25) is 0 Å². The zero-order valence-corrected chi connectivity index (χ0v) is 12.5. The molecule has 1 aliphatic heterocycles. The van der Waals surface area contributed by atoms with Crippen LogP contribution in [0.1, 0.15) is 51.4 Å². The Kier molecular flexibility index (Phi) is 5.01. The fourth-order valence-corrected chi connectivity index (χ4v) is 4.36. The van der Waals surface area contributed by atoms with Crippen molar-refractivity contribution in [3.8, 4) is 0 Å². The average Bonchev–Trinajstić information content (AvgIpc) is 2.39. The minimum absolute atomic E-state index is 0.0693. The Morgan fingerprint density at radius 1 is 1.16 bits per heavy atom. The number of carbonyl (C=O) groups is 1. The molecule has 2 rings (SSSR count). The summed E-state index contributed by atoms with van der Waals surface area (Å²) < 4.78 is 28.8. The lowest BCUT2D eigenvalue weighted by molar-refractivity contribution is -0.127. The molecule has 1 heterocycles. The highest BCUT2D eigenvalue weighted by molar-refractivity contribution is 7.91. The molecule has 0 aromatic heterocycles. The summed E-state index contributed by atoms with van der Waals surface area (Å²) in [4.78, 5) is 12.3. The maximum absolute atomic E-state index is 12.3. The second kappa shape index (κ2) is 6.35. The van der Waals surface area contributed by atoms with Gasteiger partial charge in [-0.05, 0) is 38.5 Å². The summed E-state index contributed by atoms with van der Waals surface area (Å²) in [6.07, 6.45) is 7.94. The van der Waals surface area contributed by atoms with Gasteiger partial charge in [-0.2, -0.15) is 0 Å². The number of Topliss-reactive ketones (excluding diaryl/α,β-unsaturated/α-hetero) is 1. The minimum Gasteiger partial charge on any atom is -0.378 e. The molecule has 0 amide bonds. The Bertz CT molecular complexity index is 409. The highest BCUT2D eigenvalue weighted by atomic mass is 32.2. The third-order valence-corrected chi connectivity index (χ3v) is 6.03. The van der Waals surface area contributed by atoms with Gasteiger partial charge < -0.3 is 4.74 Å². The number of sulfone groups is 1. The van der Waals surface area contributed by atoms with Crippen LogP contribution in [0.25, 0.3) is 0 Å². The molecule has 3 unspecified atom stereocenters. The van der Waals surface area contributed by atoms with Gasteiger partial charge in [-0.25, -0.2) is 8.42 Å². The van der Waals surface area contributed by atoms with Gasteiger partial charge in [0.15, 0.2) is 0 Å². The topological polar surface area (TPSA) is 60.4 Å². The molecule has 0 N–H and O–H groups in total. The van der Waals surface area contributed by atoms with Crippen molar-refractivity contribution in [2.75, 3.05) is 12.9 Å². The third kappa shape index (κ3) is 4.28. The van der Waals surface area contributed by atoms with Gasteiger partial charge in [-0.15, -0.1) is 0 Å². The monoisotopic (exact) mass is 288 g/mol. The maximum atomic E-state index is 12.3. The van der Waals surface area contributed by atoms with Crippen LogP contribution in [0.3, 0.4) is 0 Å². The molecule has 0 radical (unpaired) electrons. The van der Waals surface area contributed by atoms with Crippen LogP contribution in [-0.2, 0) is 19.4 Å². The van der Waals surface area contributed by atoms with Gasteiger partial charge in [0.05, 0.1) is 11.4 Å². The van der Waals surface area contributed by atoms with E-state index in [2.05, 4.69) is 0 Å². The molecule has 5 heteroatoms. The Balaban J connectivity index is 1.88. The van der Waals surface area contributed by atoms with Crippen LogP contribution in [-0.4, -0.2) is 38.4 Å². The fraction of sp³-hybridized carbons (Fsp3) is 0.929. The van der Waals surface area contributed by atoms with Crippen LogP contribution < -0.4 is 0 Å². The Hall–Kier alpha value is -0.420. The highest BCUT2D eigenvalue weighted by Crippen LogP contribution is 2.31. The van der Waals surface area contributed by atoms with Crippen molar-refractivity contribution in [2.24, 2.45) is 5.92 Å². The first-order valence-corrected chi connectivity index (χ1v) is 9.25. The van der Waals surface area contributed by atoms with E-state index in [-0.39, 0.29) is 23.1 Å². The molecule has 110 valence electrons. The molecule has 0 aromatic carbocycles. The van der Waals surface area contributed by atoms with Crippen LogP contribution in [0.2, 0.25) is 0 Å². The van der Waals surface area contributed by atoms with Gasteiger partial charge in [-0.3, -0.25) is 4.79 Å². The van der Waals surface area contributed by atoms with Crippen molar-refractivity contribution < 1.29 is 17.9 Å². The van der Waals surface area contributed by atoms with E-state index in [1.165, 1.54) is 6.26 Å². The minimum atomic E-state index is -3.01. The zero-order valence-electron chi connectivity index (χ0n) is 11.6. The third-order valence-electron chi connectivity index (χ3n) is 4.39. The van der Waals surface area contributed by atoms with Gasteiger partial charge in [0, 0.05) is 25.2 Å². The van der Waals surface area contributed by atoms with E-state index in [9.17, 15) is 13.2 Å². The van der Waals surface area contributed by atoms with E-state index < -0.39 is 9.84 Å². The number of hydrogen-bond donors (Lipinski definition) is 0. The normalized spacial score (nSPS) is 33.0. The number of carbonyl (C=O) groups excluding carboxylic acids is 1. The average molecular weight is 288 g/mol. The molecule has 2 fully saturated rings. The number of ketones is 1. The number of ether oxygens (including phenoxy) is 1. The quantitative estimate of drug-likeness (QED) is 0.795. The smallest absolute Gasteiger partial charge is 0.150 e. The molecule has 4 nitrogen and oxygen atoms in total. The zero-order chi connectivity index (χ0) is 13.9. The van der Waals surface area contributed by atoms with Crippen molar-refractivity contribution in [2.45, 2.75) is 62.7 Å². The second-order valence-corrected chi connectivity index (χ2v) is 8.30. The molecule has 1 aliphatic carbocycles. The summed E-state index contributed by atoms with van der Waals surface area (Å²) in [6.45, 7) is 0.759. The summed E-state index contributed by atoms with van der Waals surface area (Å²) in [5, 5.41) is -0.317. The second-order valence-electron chi connectivity index (χ2n) is 5.97. The molecule has 3 atom stereocenters. The maximum Gasteiger partial charge on any atom is 0.150 e. The van der Waals surface area contributed by atoms with Crippen molar-refractivity contribution in [3.05, 3.63) is 0 Å². The van der Waals surface area contributed by atoms with E-state index in [0.29, 0.717) is 19.3 Å². The lowest BCUT2D eigenvalue weighted by atomic mass is 9.83. The van der Waals surface area contributed by atoms with Crippen LogP contribution in [0.5, 0.6) is 0 Å². The van der Waals surface area contributed by atoms with Crippen LogP contribution in [0.15, 0.2) is 0 Å². The molecule has 0 aromatic rings. The summed E-state index contributed by atoms with van der Waals surface area (Å²) in [6, 6.07) is 0. The van der Waals surface area contributed by atoms with Crippen LogP contribution in [0, 0.1) is 5.92 Å². The first-order valence-electron chi connectivity index (χ1n) is 7.30. The lowest BCUT2D eigenvalue weighted by Crippen LogP contribution is -2.33. The van der Waals surface area contributed by atoms with E-state index in [1.807, 2.05) is 0 Å². The van der Waals surface area contributed by atoms with E-state index in [0.717, 1.165) is 38.7 Å². The summed E-state index contributed by atoms with van der Waals surface area (Å²) in [7, 11) is -3.01. The molecular weight excluding hydrogens is 264 g/mol. The molecule has 19 heavy (non-hydrogen) atoms. The van der Waals surface area contributed by atoms with Crippen molar-refractivity contribution in [1.82, 2.24) is 0 Å². The molecule has 1 saturated carbocycles. The van der Waals surface area contributed by atoms with Crippen molar-refractivity contribution >= 4 is 15.6 Å². The molecular formula is C14H24O4S. The van der Waals surface area contributed by atoms with Crippen LogP contribution in [0.4, 0.5) is 0 Å². The highest BCUT2D eigenvalue weighted by Gasteiger charge is 2.33. The Labute approximate surface area is 115 Å².